The number of hydrogen-bond acceptors (Lipinski definition) is 6. The second-order valence-electron chi connectivity index (χ2n) is 7.16. The highest BCUT2D eigenvalue weighted by molar-refractivity contribution is 5.90. The highest BCUT2D eigenvalue weighted by Gasteiger charge is 2.18. The lowest BCUT2D eigenvalue weighted by Gasteiger charge is -2.19. The lowest BCUT2D eigenvalue weighted by atomic mass is 10.1. The van der Waals surface area contributed by atoms with Gasteiger partial charge in [-0.25, -0.2) is 5.43 Å². The Labute approximate surface area is 169 Å². The fourth-order valence-corrected chi connectivity index (χ4v) is 3.32. The van der Waals surface area contributed by atoms with E-state index in [9.17, 15) is 14.9 Å². The molecule has 1 amide bonds. The van der Waals surface area contributed by atoms with Gasteiger partial charge in [-0.1, -0.05) is 12.1 Å². The molecule has 8 heteroatoms. The predicted molar refractivity (Wildman–Crippen MR) is 115 cm³/mol. The van der Waals surface area contributed by atoms with Gasteiger partial charge in [-0.2, -0.15) is 5.10 Å². The molecular weight excluding hydrogens is 370 g/mol. The molecule has 2 aromatic rings. The number of anilines is 2. The molecule has 0 spiro atoms. The van der Waals surface area contributed by atoms with E-state index in [0.717, 1.165) is 48.4 Å². The van der Waals surface area contributed by atoms with Gasteiger partial charge in [0, 0.05) is 42.2 Å². The van der Waals surface area contributed by atoms with Crippen LogP contribution in [0.3, 0.4) is 0 Å². The van der Waals surface area contributed by atoms with E-state index in [1.165, 1.54) is 18.3 Å². The van der Waals surface area contributed by atoms with Gasteiger partial charge in [0.25, 0.3) is 11.6 Å². The van der Waals surface area contributed by atoms with Gasteiger partial charge < -0.3 is 10.2 Å². The summed E-state index contributed by atoms with van der Waals surface area (Å²) in [6, 6.07) is 10.7. The van der Waals surface area contributed by atoms with Gasteiger partial charge in [-0.3, -0.25) is 14.9 Å². The van der Waals surface area contributed by atoms with Crippen molar-refractivity contribution in [1.82, 2.24) is 5.43 Å². The van der Waals surface area contributed by atoms with Crippen LogP contribution in [0.4, 0.5) is 17.1 Å². The summed E-state index contributed by atoms with van der Waals surface area (Å²) in [4.78, 5) is 25.0. The monoisotopic (exact) mass is 395 g/mol. The smallest absolute Gasteiger partial charge is 0.270 e. The Hall–Kier alpha value is -3.42. The van der Waals surface area contributed by atoms with Gasteiger partial charge in [0.1, 0.15) is 0 Å². The van der Waals surface area contributed by atoms with Crippen LogP contribution >= 0.6 is 0 Å². The van der Waals surface area contributed by atoms with E-state index in [1.54, 1.807) is 6.07 Å². The normalized spacial score (nSPS) is 13.7. The summed E-state index contributed by atoms with van der Waals surface area (Å²) >= 11 is 0. The maximum atomic E-state index is 12.1. The van der Waals surface area contributed by atoms with Crippen molar-refractivity contribution in [2.75, 3.05) is 29.9 Å². The van der Waals surface area contributed by atoms with Crippen molar-refractivity contribution in [3.05, 3.63) is 63.2 Å². The molecule has 0 unspecified atom stereocenters. The van der Waals surface area contributed by atoms with E-state index in [-0.39, 0.29) is 18.1 Å². The van der Waals surface area contributed by atoms with Crippen LogP contribution in [-0.2, 0) is 4.79 Å². The van der Waals surface area contributed by atoms with Crippen molar-refractivity contribution in [2.24, 2.45) is 5.10 Å². The molecule has 0 aliphatic carbocycles. The number of amides is 1. The maximum absolute atomic E-state index is 12.1. The van der Waals surface area contributed by atoms with Gasteiger partial charge in [0.2, 0.25) is 0 Å². The Kier molecular flexibility index (Phi) is 6.43. The van der Waals surface area contributed by atoms with Crippen molar-refractivity contribution in [1.29, 1.82) is 0 Å². The molecule has 2 aromatic carbocycles. The van der Waals surface area contributed by atoms with E-state index in [0.29, 0.717) is 5.56 Å². The molecule has 1 heterocycles. The number of nitro benzene ring substituents is 1. The highest BCUT2D eigenvalue weighted by atomic mass is 16.6. The summed E-state index contributed by atoms with van der Waals surface area (Å²) in [6.07, 6.45) is 3.65. The highest BCUT2D eigenvalue weighted by Crippen LogP contribution is 2.27. The summed E-state index contributed by atoms with van der Waals surface area (Å²) in [5.74, 6) is -0.296. The van der Waals surface area contributed by atoms with Crippen molar-refractivity contribution >= 4 is 29.2 Å². The van der Waals surface area contributed by atoms with Gasteiger partial charge in [-0.05, 0) is 49.9 Å². The van der Waals surface area contributed by atoms with Crippen LogP contribution in [0.5, 0.6) is 0 Å². The Morgan fingerprint density at radius 1 is 1.21 bits per heavy atom. The SMILES string of the molecule is Cc1ccc(C)c(NCC(=O)N/N=C\c2cc([N+](=O)[O-])ccc2N2CCCC2)c1. The molecule has 8 nitrogen and oxygen atoms in total. The van der Waals surface area contributed by atoms with Gasteiger partial charge in [0.05, 0.1) is 17.7 Å². The number of hydrogen-bond donors (Lipinski definition) is 2. The second-order valence-corrected chi connectivity index (χ2v) is 7.16. The van der Waals surface area contributed by atoms with E-state index >= 15 is 0 Å². The van der Waals surface area contributed by atoms with Crippen LogP contribution in [-0.4, -0.2) is 36.7 Å². The molecule has 152 valence electrons. The first-order valence-corrected chi connectivity index (χ1v) is 9.60. The summed E-state index contributed by atoms with van der Waals surface area (Å²) in [6.45, 7) is 5.86. The number of rotatable bonds is 7. The molecule has 0 atom stereocenters. The third-order valence-corrected chi connectivity index (χ3v) is 4.89. The van der Waals surface area contributed by atoms with Crippen LogP contribution in [0.1, 0.15) is 29.5 Å². The third kappa shape index (κ3) is 5.31. The lowest BCUT2D eigenvalue weighted by molar-refractivity contribution is -0.384. The van der Waals surface area contributed by atoms with Crippen LogP contribution < -0.4 is 15.6 Å². The van der Waals surface area contributed by atoms with E-state index < -0.39 is 4.92 Å². The van der Waals surface area contributed by atoms with E-state index in [2.05, 4.69) is 20.7 Å². The van der Waals surface area contributed by atoms with Crippen LogP contribution in [0, 0.1) is 24.0 Å². The fraction of sp³-hybridized carbons (Fsp3) is 0.333. The molecule has 0 radical (unpaired) electrons. The molecule has 1 saturated heterocycles. The van der Waals surface area contributed by atoms with Crippen molar-refractivity contribution in [3.63, 3.8) is 0 Å². The number of nitrogens with one attached hydrogen (secondary N) is 2. The average molecular weight is 395 g/mol. The molecule has 29 heavy (non-hydrogen) atoms. The van der Waals surface area contributed by atoms with Gasteiger partial charge in [0.15, 0.2) is 0 Å². The number of carbonyl (C=O) groups is 1. The zero-order valence-corrected chi connectivity index (χ0v) is 16.6. The van der Waals surface area contributed by atoms with Gasteiger partial charge in [-0.15, -0.1) is 0 Å². The quantitative estimate of drug-likeness (QED) is 0.425. The fourth-order valence-electron chi connectivity index (χ4n) is 3.32. The van der Waals surface area contributed by atoms with Gasteiger partial charge >= 0.3 is 0 Å². The molecule has 1 aliphatic heterocycles. The predicted octanol–water partition coefficient (Wildman–Crippen LogP) is 3.37. The van der Waals surface area contributed by atoms with Crippen LogP contribution in [0.25, 0.3) is 0 Å². The Balaban J connectivity index is 1.65. The molecule has 0 saturated carbocycles. The molecule has 3 rings (SSSR count). The van der Waals surface area contributed by atoms with Crippen molar-refractivity contribution in [2.45, 2.75) is 26.7 Å². The number of carbonyl (C=O) groups excluding carboxylic acids is 1. The standard InChI is InChI=1S/C21H25N5O3/c1-15-5-6-16(2)19(11-15)22-14-21(27)24-23-13-17-12-18(26(28)29)7-8-20(17)25-9-3-4-10-25/h5-8,11-13,22H,3-4,9-10,14H2,1-2H3,(H,24,27)/b23-13-. The minimum atomic E-state index is -0.433. The first kappa shape index (κ1) is 20.3. The number of benzene rings is 2. The number of non-ortho nitro benzene ring substituents is 1. The largest absolute Gasteiger partial charge is 0.376 e. The second kappa shape index (κ2) is 9.18. The number of aryl methyl sites for hydroxylation is 2. The maximum Gasteiger partial charge on any atom is 0.270 e. The van der Waals surface area contributed by atoms with E-state index in [4.69, 9.17) is 0 Å². The zero-order chi connectivity index (χ0) is 20.8. The van der Waals surface area contributed by atoms with E-state index in [1.807, 2.05) is 32.0 Å². The molecular formula is C21H25N5O3. The summed E-state index contributed by atoms with van der Waals surface area (Å²) < 4.78 is 0. The number of nitro groups is 1. The molecule has 0 aromatic heterocycles. The first-order chi connectivity index (χ1) is 13.9. The van der Waals surface area contributed by atoms with Crippen molar-refractivity contribution in [3.8, 4) is 0 Å². The Morgan fingerprint density at radius 3 is 2.69 bits per heavy atom. The molecule has 1 fully saturated rings. The lowest BCUT2D eigenvalue weighted by Crippen LogP contribution is -2.26. The summed E-state index contributed by atoms with van der Waals surface area (Å²) in [5.41, 5.74) is 7.05. The van der Waals surface area contributed by atoms with Crippen molar-refractivity contribution < 1.29 is 9.72 Å². The zero-order valence-electron chi connectivity index (χ0n) is 16.6. The molecule has 2 N–H and O–H groups in total. The Morgan fingerprint density at radius 2 is 1.97 bits per heavy atom. The Bertz CT molecular complexity index is 936. The number of hydrazone groups is 1. The van der Waals surface area contributed by atoms with Crippen LogP contribution in [0.2, 0.25) is 0 Å². The molecule has 0 bridgehead atoms. The molecule has 1 aliphatic rings. The minimum Gasteiger partial charge on any atom is -0.376 e. The summed E-state index contributed by atoms with van der Waals surface area (Å²) in [5, 5.41) is 18.2. The van der Waals surface area contributed by atoms with Crippen LogP contribution in [0.15, 0.2) is 41.5 Å². The topological polar surface area (TPSA) is 99.9 Å². The minimum absolute atomic E-state index is 0.00249. The summed E-state index contributed by atoms with van der Waals surface area (Å²) in [7, 11) is 0. The average Bonchev–Trinajstić information content (AvgIpc) is 3.23. The first-order valence-electron chi connectivity index (χ1n) is 9.60. The number of nitrogens with zero attached hydrogens (tertiary/aromatic N) is 3. The third-order valence-electron chi connectivity index (χ3n) is 4.89.